The molecular weight excluding hydrogens is 889 g/mol. The van der Waals surface area contributed by atoms with Gasteiger partial charge < -0.3 is 28.4 Å². The number of fused-ring (bicyclic) bond motifs is 6. The molecule has 0 N–H and O–H groups in total. The zero-order valence-corrected chi connectivity index (χ0v) is 46.5. The summed E-state index contributed by atoms with van der Waals surface area (Å²) >= 11 is 0. The predicted octanol–water partition coefficient (Wildman–Crippen LogP) is 21.0. The predicted molar refractivity (Wildman–Crippen MR) is 311 cm³/mol. The van der Waals surface area contributed by atoms with Crippen LogP contribution in [-0.4, -0.2) is 39.6 Å². The van der Waals surface area contributed by atoms with Gasteiger partial charge in [-0.15, -0.1) is 0 Å². The molecule has 0 aromatic heterocycles. The summed E-state index contributed by atoms with van der Waals surface area (Å²) in [6, 6.07) is 18.4. The lowest BCUT2D eigenvalue weighted by Gasteiger charge is -2.22. The summed E-state index contributed by atoms with van der Waals surface area (Å²) in [5, 5.41) is 11.8. The average Bonchev–Trinajstić information content (AvgIpc) is 3.39. The van der Waals surface area contributed by atoms with Crippen LogP contribution in [0.5, 0.6) is 34.5 Å². The first-order chi connectivity index (χ1) is 35.6. The molecule has 6 nitrogen and oxygen atoms in total. The van der Waals surface area contributed by atoms with Crippen LogP contribution in [0.3, 0.4) is 0 Å². The van der Waals surface area contributed by atoms with Crippen LogP contribution in [0.2, 0.25) is 0 Å². The molecule has 0 saturated heterocycles. The molecule has 0 fully saturated rings. The molecule has 398 valence electrons. The molecule has 0 bridgehead atoms. The van der Waals surface area contributed by atoms with Crippen molar-refractivity contribution >= 4 is 53.9 Å². The topological polar surface area (TPSA) is 55.4 Å². The number of unbranched alkanes of at least 4 members (excludes halogenated alkanes) is 24. The summed E-state index contributed by atoms with van der Waals surface area (Å²) in [7, 11) is 0. The molecule has 6 aromatic carbocycles. The maximum Gasteiger partial charge on any atom is 0.161 e. The summed E-state index contributed by atoms with van der Waals surface area (Å²) in [6.07, 6.45) is 35.7. The first-order valence-corrected chi connectivity index (χ1v) is 30.1. The van der Waals surface area contributed by atoms with Crippen LogP contribution in [0.1, 0.15) is 234 Å². The van der Waals surface area contributed by atoms with Crippen LogP contribution in [0.15, 0.2) is 48.5 Å². The van der Waals surface area contributed by atoms with Crippen molar-refractivity contribution in [1.29, 1.82) is 0 Å². The van der Waals surface area contributed by atoms with Gasteiger partial charge in [-0.2, -0.15) is 0 Å². The Morgan fingerprint density at radius 1 is 0.208 bits per heavy atom. The van der Waals surface area contributed by atoms with E-state index in [4.69, 9.17) is 28.4 Å². The number of hydrogen-bond donors (Lipinski definition) is 0. The molecule has 0 spiro atoms. The zero-order chi connectivity index (χ0) is 50.6. The van der Waals surface area contributed by atoms with Gasteiger partial charge in [0.1, 0.15) is 11.5 Å². The summed E-state index contributed by atoms with van der Waals surface area (Å²) in [4.78, 5) is 0. The van der Waals surface area contributed by atoms with Gasteiger partial charge in [-0.05, 0) is 141 Å². The van der Waals surface area contributed by atoms with E-state index in [0.717, 1.165) is 94.6 Å². The second-order valence-corrected chi connectivity index (χ2v) is 21.1. The van der Waals surface area contributed by atoms with Crippen LogP contribution >= 0.6 is 0 Å². The van der Waals surface area contributed by atoms with Gasteiger partial charge in [0.05, 0.1) is 39.6 Å². The monoisotopic (exact) mass is 987 g/mol. The van der Waals surface area contributed by atoms with E-state index in [-0.39, 0.29) is 0 Å². The van der Waals surface area contributed by atoms with Crippen molar-refractivity contribution in [2.24, 2.45) is 0 Å². The summed E-state index contributed by atoms with van der Waals surface area (Å²) in [5.74, 6) is 5.14. The van der Waals surface area contributed by atoms with Crippen molar-refractivity contribution in [1.82, 2.24) is 0 Å². The van der Waals surface area contributed by atoms with Crippen LogP contribution in [0.25, 0.3) is 53.9 Å². The standard InChI is InChI=1S/C66H98O6/c1-7-13-19-25-31-37-67-51-43-57-53-47-61(69-39-33-27-21-15-9-3)63(71-41-35-29-23-17-11-5)49-55(53)59-45-52(68-38-32-26-20-14-8-2)46-60-56-50-64(72-42-36-30-24-18-12-6)62(70-40-34-28-22-16-10-4)48-54(56)58(44-51)65(57)66(59)60/h43-50H,7-42H2,1-6H3. The maximum absolute atomic E-state index is 6.82. The average molecular weight is 988 g/mol. The molecule has 6 aromatic rings. The highest BCUT2D eigenvalue weighted by Gasteiger charge is 2.24. The second-order valence-electron chi connectivity index (χ2n) is 21.1. The lowest BCUT2D eigenvalue weighted by atomic mass is 9.85. The summed E-state index contributed by atoms with van der Waals surface area (Å²) in [6.45, 7) is 17.7. The minimum absolute atomic E-state index is 0.670. The first kappa shape index (κ1) is 57.0. The Labute approximate surface area is 437 Å². The number of benzene rings is 6. The number of rotatable bonds is 42. The van der Waals surface area contributed by atoms with Crippen LogP contribution in [0, 0.1) is 0 Å². The molecule has 0 amide bonds. The van der Waals surface area contributed by atoms with Gasteiger partial charge in [0.2, 0.25) is 0 Å². The Hall–Kier alpha value is -4.32. The third-order valence-corrected chi connectivity index (χ3v) is 14.9. The minimum Gasteiger partial charge on any atom is -0.494 e. The smallest absolute Gasteiger partial charge is 0.161 e. The fourth-order valence-electron chi connectivity index (χ4n) is 10.6. The van der Waals surface area contributed by atoms with Crippen molar-refractivity contribution in [3.8, 4) is 34.5 Å². The highest BCUT2D eigenvalue weighted by atomic mass is 16.5. The number of ether oxygens (including phenoxy) is 6. The molecule has 0 unspecified atom stereocenters. The largest absolute Gasteiger partial charge is 0.494 e. The van der Waals surface area contributed by atoms with Crippen molar-refractivity contribution in [2.75, 3.05) is 39.6 Å². The van der Waals surface area contributed by atoms with E-state index >= 15 is 0 Å². The molecule has 6 rings (SSSR count). The van der Waals surface area contributed by atoms with Gasteiger partial charge in [0.25, 0.3) is 0 Å². The Balaban J connectivity index is 1.58. The van der Waals surface area contributed by atoms with Gasteiger partial charge in [-0.25, -0.2) is 0 Å². The van der Waals surface area contributed by atoms with E-state index in [0.29, 0.717) is 39.6 Å². The molecule has 0 aliphatic rings. The summed E-state index contributed by atoms with van der Waals surface area (Å²) in [5.41, 5.74) is 0. The van der Waals surface area contributed by atoms with E-state index in [9.17, 15) is 0 Å². The van der Waals surface area contributed by atoms with Crippen molar-refractivity contribution < 1.29 is 28.4 Å². The number of hydrogen-bond acceptors (Lipinski definition) is 6. The fraction of sp³-hybridized carbons (Fsp3) is 0.636. The van der Waals surface area contributed by atoms with E-state index in [1.54, 1.807) is 0 Å². The molecular formula is C66H98O6. The van der Waals surface area contributed by atoms with Crippen molar-refractivity contribution in [3.05, 3.63) is 48.5 Å². The van der Waals surface area contributed by atoms with Crippen molar-refractivity contribution in [2.45, 2.75) is 234 Å². The highest BCUT2D eigenvalue weighted by molar-refractivity contribution is 6.40. The van der Waals surface area contributed by atoms with E-state index in [2.05, 4.69) is 90.1 Å². The Morgan fingerprint density at radius 3 is 0.611 bits per heavy atom. The molecule has 0 saturated carbocycles. The molecule has 6 heteroatoms. The van der Waals surface area contributed by atoms with Gasteiger partial charge in [0, 0.05) is 0 Å². The highest BCUT2D eigenvalue weighted by Crippen LogP contribution is 2.51. The van der Waals surface area contributed by atoms with Gasteiger partial charge in [0.15, 0.2) is 23.0 Å². The lowest BCUT2D eigenvalue weighted by Crippen LogP contribution is -2.04. The third kappa shape index (κ3) is 16.9. The molecule has 0 aliphatic carbocycles. The third-order valence-electron chi connectivity index (χ3n) is 14.9. The Kier molecular flexibility index (Phi) is 25.9. The molecule has 0 heterocycles. The second kappa shape index (κ2) is 32.8. The van der Waals surface area contributed by atoms with Crippen LogP contribution in [-0.2, 0) is 0 Å². The molecule has 0 atom stereocenters. The van der Waals surface area contributed by atoms with Crippen molar-refractivity contribution in [3.63, 3.8) is 0 Å². The zero-order valence-electron chi connectivity index (χ0n) is 46.5. The Morgan fingerprint density at radius 2 is 0.403 bits per heavy atom. The first-order valence-electron chi connectivity index (χ1n) is 30.1. The maximum atomic E-state index is 6.82. The van der Waals surface area contributed by atoms with Crippen LogP contribution in [0.4, 0.5) is 0 Å². The van der Waals surface area contributed by atoms with Gasteiger partial charge in [-0.1, -0.05) is 196 Å². The summed E-state index contributed by atoms with van der Waals surface area (Å²) < 4.78 is 40.9. The molecule has 72 heavy (non-hydrogen) atoms. The normalized spacial score (nSPS) is 11.8. The van der Waals surface area contributed by atoms with Gasteiger partial charge in [-0.3, -0.25) is 0 Å². The lowest BCUT2D eigenvalue weighted by molar-refractivity contribution is 0.259. The Bertz CT molecular complexity index is 2120. The van der Waals surface area contributed by atoms with Crippen LogP contribution < -0.4 is 28.4 Å². The quantitative estimate of drug-likeness (QED) is 0.0216. The van der Waals surface area contributed by atoms with E-state index < -0.39 is 0 Å². The SMILES string of the molecule is CCCCCCCOc1cc2c3cc(OCCCCCCC)c(OCCCCCCC)cc3c3cc(OCCCCCCC)cc4c5cc(OCCCCCCC)c(OCCCCCCC)cc5c(c1)c2c34. The minimum atomic E-state index is 0.670. The molecule has 0 radical (unpaired) electrons. The van der Waals surface area contributed by atoms with E-state index in [1.807, 2.05) is 0 Å². The fourth-order valence-corrected chi connectivity index (χ4v) is 10.6. The molecule has 0 aliphatic heterocycles. The van der Waals surface area contributed by atoms with Gasteiger partial charge >= 0.3 is 0 Å². The van der Waals surface area contributed by atoms with E-state index in [1.165, 1.54) is 186 Å².